The molecule has 0 bridgehead atoms. The summed E-state index contributed by atoms with van der Waals surface area (Å²) >= 11 is 0. The maximum absolute atomic E-state index is 12.0. The van der Waals surface area contributed by atoms with Gasteiger partial charge in [0.1, 0.15) is 0 Å². The molecule has 0 aliphatic rings. The van der Waals surface area contributed by atoms with Crippen molar-refractivity contribution in [2.75, 3.05) is 0 Å². The van der Waals surface area contributed by atoms with E-state index in [1.165, 1.54) is 12.3 Å². The van der Waals surface area contributed by atoms with Gasteiger partial charge in [-0.2, -0.15) is 0 Å². The van der Waals surface area contributed by atoms with Gasteiger partial charge in [-0.05, 0) is 24.3 Å². The maximum atomic E-state index is 12.0. The SMILES string of the molecule is O=c1ccnc(-c2ccco2)n1Cc1ccccn1. The molecule has 3 rings (SSSR count). The van der Waals surface area contributed by atoms with Gasteiger partial charge in [-0.15, -0.1) is 0 Å². The highest BCUT2D eigenvalue weighted by atomic mass is 16.3. The Labute approximate surface area is 109 Å². The first-order valence-corrected chi connectivity index (χ1v) is 5.84. The van der Waals surface area contributed by atoms with E-state index in [2.05, 4.69) is 9.97 Å². The van der Waals surface area contributed by atoms with E-state index in [0.717, 1.165) is 5.69 Å². The predicted molar refractivity (Wildman–Crippen MR) is 69.5 cm³/mol. The summed E-state index contributed by atoms with van der Waals surface area (Å²) in [6, 6.07) is 10.6. The Balaban J connectivity index is 2.08. The van der Waals surface area contributed by atoms with E-state index in [1.807, 2.05) is 18.2 Å². The van der Waals surface area contributed by atoms with Crippen molar-refractivity contribution in [1.82, 2.24) is 14.5 Å². The fourth-order valence-electron chi connectivity index (χ4n) is 1.84. The molecule has 19 heavy (non-hydrogen) atoms. The summed E-state index contributed by atoms with van der Waals surface area (Å²) in [5.74, 6) is 1.07. The van der Waals surface area contributed by atoms with Crippen LogP contribution in [0, 0.1) is 0 Å². The maximum Gasteiger partial charge on any atom is 0.254 e. The van der Waals surface area contributed by atoms with Crippen molar-refractivity contribution in [3.8, 4) is 11.6 Å². The summed E-state index contributed by atoms with van der Waals surface area (Å²) < 4.78 is 6.85. The number of aromatic nitrogens is 3. The molecular weight excluding hydrogens is 242 g/mol. The molecule has 0 N–H and O–H groups in total. The van der Waals surface area contributed by atoms with Gasteiger partial charge >= 0.3 is 0 Å². The van der Waals surface area contributed by atoms with Crippen LogP contribution in [0.1, 0.15) is 5.69 Å². The zero-order valence-electron chi connectivity index (χ0n) is 10.1. The number of rotatable bonds is 3. The molecule has 94 valence electrons. The van der Waals surface area contributed by atoms with Gasteiger partial charge in [0.15, 0.2) is 11.6 Å². The van der Waals surface area contributed by atoms with E-state index >= 15 is 0 Å². The Bertz CT molecular complexity index is 718. The van der Waals surface area contributed by atoms with Crippen LogP contribution in [0.15, 0.2) is 64.3 Å². The average Bonchev–Trinajstić information content (AvgIpc) is 2.96. The van der Waals surface area contributed by atoms with Crippen molar-refractivity contribution >= 4 is 0 Å². The van der Waals surface area contributed by atoms with Gasteiger partial charge < -0.3 is 4.42 Å². The van der Waals surface area contributed by atoms with Crippen LogP contribution in [0.2, 0.25) is 0 Å². The lowest BCUT2D eigenvalue weighted by Gasteiger charge is -2.08. The first kappa shape index (κ1) is 11.4. The fraction of sp³-hybridized carbons (Fsp3) is 0.0714. The third-order valence-electron chi connectivity index (χ3n) is 2.72. The Kier molecular flexibility index (Phi) is 2.94. The first-order chi connectivity index (χ1) is 9.34. The number of pyridine rings is 1. The molecule has 3 aromatic rings. The van der Waals surface area contributed by atoms with Crippen molar-refractivity contribution < 1.29 is 4.42 Å². The van der Waals surface area contributed by atoms with Crippen LogP contribution in [0.3, 0.4) is 0 Å². The normalized spacial score (nSPS) is 10.5. The molecule has 0 fully saturated rings. The van der Waals surface area contributed by atoms with Crippen LogP contribution in [-0.4, -0.2) is 14.5 Å². The molecule has 5 heteroatoms. The van der Waals surface area contributed by atoms with Crippen LogP contribution in [0.25, 0.3) is 11.6 Å². The van der Waals surface area contributed by atoms with Crippen molar-refractivity contribution in [3.05, 3.63) is 71.1 Å². The second kappa shape index (κ2) is 4.89. The summed E-state index contributed by atoms with van der Waals surface area (Å²) in [7, 11) is 0. The molecule has 0 aliphatic heterocycles. The minimum atomic E-state index is -0.132. The fourth-order valence-corrected chi connectivity index (χ4v) is 1.84. The van der Waals surface area contributed by atoms with Gasteiger partial charge in [-0.3, -0.25) is 14.3 Å². The quantitative estimate of drug-likeness (QED) is 0.715. The van der Waals surface area contributed by atoms with Gasteiger partial charge in [0.25, 0.3) is 5.56 Å². The Morgan fingerprint density at radius 3 is 2.74 bits per heavy atom. The second-order valence-corrected chi connectivity index (χ2v) is 3.99. The van der Waals surface area contributed by atoms with E-state index in [4.69, 9.17) is 4.42 Å². The summed E-state index contributed by atoms with van der Waals surface area (Å²) in [5, 5.41) is 0. The van der Waals surface area contributed by atoms with Crippen LogP contribution in [-0.2, 0) is 6.54 Å². The Morgan fingerprint density at radius 2 is 2.00 bits per heavy atom. The topological polar surface area (TPSA) is 60.9 Å². The zero-order valence-corrected chi connectivity index (χ0v) is 10.1. The summed E-state index contributed by atoms with van der Waals surface area (Å²) in [6.07, 6.45) is 4.73. The van der Waals surface area contributed by atoms with Crippen LogP contribution in [0.4, 0.5) is 0 Å². The molecule has 0 unspecified atom stereocenters. The summed E-state index contributed by atoms with van der Waals surface area (Å²) in [4.78, 5) is 20.4. The predicted octanol–water partition coefficient (Wildman–Crippen LogP) is 1.95. The molecule has 0 aromatic carbocycles. The zero-order chi connectivity index (χ0) is 13.1. The first-order valence-electron chi connectivity index (χ1n) is 5.84. The van der Waals surface area contributed by atoms with Gasteiger partial charge in [0.2, 0.25) is 0 Å². The highest BCUT2D eigenvalue weighted by molar-refractivity contribution is 5.46. The van der Waals surface area contributed by atoms with Gasteiger partial charge in [0, 0.05) is 18.5 Å². The monoisotopic (exact) mass is 253 g/mol. The third-order valence-corrected chi connectivity index (χ3v) is 2.72. The van der Waals surface area contributed by atoms with Crippen LogP contribution < -0.4 is 5.56 Å². The highest BCUT2D eigenvalue weighted by Gasteiger charge is 2.10. The second-order valence-electron chi connectivity index (χ2n) is 3.99. The molecular formula is C14H11N3O2. The minimum Gasteiger partial charge on any atom is -0.461 e. The minimum absolute atomic E-state index is 0.132. The Hall–Kier alpha value is -2.69. The third kappa shape index (κ3) is 2.30. The molecule has 0 amide bonds. The van der Waals surface area contributed by atoms with E-state index in [1.54, 1.807) is 29.2 Å². The van der Waals surface area contributed by atoms with E-state index in [-0.39, 0.29) is 5.56 Å². The van der Waals surface area contributed by atoms with Crippen molar-refractivity contribution in [1.29, 1.82) is 0 Å². The summed E-state index contributed by atoms with van der Waals surface area (Å²) in [6.45, 7) is 0.365. The van der Waals surface area contributed by atoms with E-state index in [9.17, 15) is 4.79 Å². The lowest BCUT2D eigenvalue weighted by atomic mass is 10.3. The lowest BCUT2D eigenvalue weighted by Crippen LogP contribution is -2.22. The van der Waals surface area contributed by atoms with Crippen LogP contribution >= 0.6 is 0 Å². The van der Waals surface area contributed by atoms with Crippen LogP contribution in [0.5, 0.6) is 0 Å². The molecule has 3 aromatic heterocycles. The van der Waals surface area contributed by atoms with E-state index < -0.39 is 0 Å². The summed E-state index contributed by atoms with van der Waals surface area (Å²) in [5.41, 5.74) is 0.664. The molecule has 3 heterocycles. The van der Waals surface area contributed by atoms with Crippen molar-refractivity contribution in [2.45, 2.75) is 6.54 Å². The van der Waals surface area contributed by atoms with Gasteiger partial charge in [-0.25, -0.2) is 4.98 Å². The average molecular weight is 253 g/mol. The Morgan fingerprint density at radius 1 is 1.05 bits per heavy atom. The molecule has 0 atom stereocenters. The smallest absolute Gasteiger partial charge is 0.254 e. The largest absolute Gasteiger partial charge is 0.461 e. The molecule has 0 aliphatic carbocycles. The number of hydrogen-bond donors (Lipinski definition) is 0. The lowest BCUT2D eigenvalue weighted by molar-refractivity contribution is 0.566. The molecule has 0 radical (unpaired) electrons. The standard InChI is InChI=1S/C14H11N3O2/c18-13-6-8-16-14(12-5-3-9-19-12)17(13)10-11-4-1-2-7-15-11/h1-9H,10H2. The highest BCUT2D eigenvalue weighted by Crippen LogP contribution is 2.16. The number of furan rings is 1. The van der Waals surface area contributed by atoms with Gasteiger partial charge in [-0.1, -0.05) is 6.07 Å². The number of hydrogen-bond acceptors (Lipinski definition) is 4. The van der Waals surface area contributed by atoms with Gasteiger partial charge in [0.05, 0.1) is 18.5 Å². The van der Waals surface area contributed by atoms with Crippen molar-refractivity contribution in [3.63, 3.8) is 0 Å². The molecule has 5 nitrogen and oxygen atoms in total. The molecule has 0 saturated carbocycles. The molecule has 0 saturated heterocycles. The van der Waals surface area contributed by atoms with E-state index in [0.29, 0.717) is 18.1 Å². The molecule has 0 spiro atoms. The van der Waals surface area contributed by atoms with Crippen molar-refractivity contribution in [2.24, 2.45) is 0 Å². The number of nitrogens with zero attached hydrogens (tertiary/aromatic N) is 3.